The summed E-state index contributed by atoms with van der Waals surface area (Å²) in [7, 11) is 4.40. The Kier molecular flexibility index (Phi) is 5.42. The Bertz CT molecular complexity index is 741. The van der Waals surface area contributed by atoms with Gasteiger partial charge in [0.15, 0.2) is 17.3 Å². The van der Waals surface area contributed by atoms with Crippen molar-refractivity contribution >= 4 is 11.8 Å². The number of ketones is 1. The van der Waals surface area contributed by atoms with E-state index in [4.69, 9.17) is 18.9 Å². The maximum atomic E-state index is 12.4. The first-order valence-corrected chi connectivity index (χ1v) is 7.13. The lowest BCUT2D eigenvalue weighted by atomic mass is 10.1. The molecule has 2 rings (SSSR count). The largest absolute Gasteiger partial charge is 0.493 e. The van der Waals surface area contributed by atoms with Gasteiger partial charge in [-0.3, -0.25) is 4.79 Å². The van der Waals surface area contributed by atoms with Gasteiger partial charge in [0.25, 0.3) is 0 Å². The normalized spacial score (nSPS) is 10.0. The van der Waals surface area contributed by atoms with Crippen molar-refractivity contribution in [1.82, 2.24) is 0 Å². The number of esters is 1. The Hall–Kier alpha value is -3.02. The quantitative estimate of drug-likeness (QED) is 0.460. The number of Topliss-reactive ketones (excluding diaryl/α,β-unsaturated/α-hetero) is 1. The fourth-order valence-electron chi connectivity index (χ4n) is 2.14. The van der Waals surface area contributed by atoms with Gasteiger partial charge in [-0.15, -0.1) is 0 Å². The summed E-state index contributed by atoms with van der Waals surface area (Å²) in [5.74, 6) is 0.648. The lowest BCUT2D eigenvalue weighted by molar-refractivity contribution is 0.0732. The number of rotatable bonds is 6. The number of benzene rings is 2. The third kappa shape index (κ3) is 3.65. The van der Waals surface area contributed by atoms with E-state index >= 15 is 0 Å². The summed E-state index contributed by atoms with van der Waals surface area (Å²) in [5, 5.41) is 0. The molecule has 24 heavy (non-hydrogen) atoms. The van der Waals surface area contributed by atoms with E-state index in [0.717, 1.165) is 0 Å². The summed E-state index contributed by atoms with van der Waals surface area (Å²) in [5.41, 5.74) is 0.697. The second kappa shape index (κ2) is 7.50. The maximum absolute atomic E-state index is 12.4. The van der Waals surface area contributed by atoms with Crippen LogP contribution in [0.25, 0.3) is 0 Å². The molecule has 0 unspecified atom stereocenters. The molecule has 0 saturated heterocycles. The van der Waals surface area contributed by atoms with Crippen LogP contribution in [0, 0.1) is 0 Å². The Morgan fingerprint density at radius 2 is 1.46 bits per heavy atom. The van der Waals surface area contributed by atoms with Gasteiger partial charge in [0, 0.05) is 5.56 Å². The SMILES string of the molecule is COc1cc(C(=O)Oc2cccc(C(C)=O)c2)cc(OC)c1OC. The fourth-order valence-corrected chi connectivity index (χ4v) is 2.14. The predicted octanol–water partition coefficient (Wildman–Crippen LogP) is 3.13. The summed E-state index contributed by atoms with van der Waals surface area (Å²) >= 11 is 0. The van der Waals surface area contributed by atoms with E-state index < -0.39 is 5.97 Å². The van der Waals surface area contributed by atoms with E-state index in [1.807, 2.05) is 0 Å². The van der Waals surface area contributed by atoms with Gasteiger partial charge in [-0.05, 0) is 31.2 Å². The molecule has 0 aliphatic carbocycles. The van der Waals surface area contributed by atoms with Crippen molar-refractivity contribution in [3.05, 3.63) is 47.5 Å². The molecule has 6 heteroatoms. The number of hydrogen-bond acceptors (Lipinski definition) is 6. The van der Waals surface area contributed by atoms with Crippen molar-refractivity contribution in [2.45, 2.75) is 6.92 Å². The molecule has 0 fully saturated rings. The molecule has 6 nitrogen and oxygen atoms in total. The Balaban J connectivity index is 2.33. The number of carbonyl (C=O) groups excluding carboxylic acids is 2. The van der Waals surface area contributed by atoms with Crippen LogP contribution < -0.4 is 18.9 Å². The second-order valence-corrected chi connectivity index (χ2v) is 4.89. The zero-order valence-electron chi connectivity index (χ0n) is 13.9. The van der Waals surface area contributed by atoms with Crippen molar-refractivity contribution in [2.75, 3.05) is 21.3 Å². The van der Waals surface area contributed by atoms with Crippen LogP contribution in [0.3, 0.4) is 0 Å². The summed E-state index contributed by atoms with van der Waals surface area (Å²) in [6.07, 6.45) is 0. The average molecular weight is 330 g/mol. The number of carbonyl (C=O) groups is 2. The van der Waals surface area contributed by atoms with Crippen LogP contribution in [0.4, 0.5) is 0 Å². The summed E-state index contributed by atoms with van der Waals surface area (Å²) in [6, 6.07) is 9.41. The highest BCUT2D eigenvalue weighted by molar-refractivity contribution is 5.95. The lowest BCUT2D eigenvalue weighted by Crippen LogP contribution is -2.10. The van der Waals surface area contributed by atoms with Crippen LogP contribution in [0.5, 0.6) is 23.0 Å². The fraction of sp³-hybridized carbons (Fsp3) is 0.222. The van der Waals surface area contributed by atoms with Crippen molar-refractivity contribution in [3.63, 3.8) is 0 Å². The van der Waals surface area contributed by atoms with Gasteiger partial charge in [0.2, 0.25) is 5.75 Å². The van der Waals surface area contributed by atoms with Crippen LogP contribution in [-0.2, 0) is 0 Å². The standard InChI is InChI=1S/C18H18O6/c1-11(19)12-6-5-7-14(8-12)24-18(20)13-9-15(21-2)17(23-4)16(10-13)22-3/h5-10H,1-4H3. The second-order valence-electron chi connectivity index (χ2n) is 4.89. The summed E-state index contributed by atoms with van der Waals surface area (Å²) in [6.45, 7) is 1.44. The molecular weight excluding hydrogens is 312 g/mol. The molecule has 0 spiro atoms. The van der Waals surface area contributed by atoms with Gasteiger partial charge in [-0.25, -0.2) is 4.79 Å². The third-order valence-corrected chi connectivity index (χ3v) is 3.35. The Labute approximate surface area is 139 Å². The molecule has 126 valence electrons. The molecule has 0 aromatic heterocycles. The van der Waals surface area contributed by atoms with Crippen LogP contribution in [0.2, 0.25) is 0 Å². The highest BCUT2D eigenvalue weighted by atomic mass is 16.5. The van der Waals surface area contributed by atoms with E-state index in [-0.39, 0.29) is 17.1 Å². The molecular formula is C18H18O6. The molecule has 0 atom stereocenters. The van der Waals surface area contributed by atoms with Crippen molar-refractivity contribution in [1.29, 1.82) is 0 Å². The summed E-state index contributed by atoms with van der Waals surface area (Å²) in [4.78, 5) is 23.8. The van der Waals surface area contributed by atoms with Crippen LogP contribution in [0.15, 0.2) is 36.4 Å². The van der Waals surface area contributed by atoms with Crippen LogP contribution in [0.1, 0.15) is 27.6 Å². The molecule has 0 aliphatic rings. The molecule has 0 saturated carbocycles. The van der Waals surface area contributed by atoms with Gasteiger partial charge >= 0.3 is 5.97 Å². The third-order valence-electron chi connectivity index (χ3n) is 3.35. The monoisotopic (exact) mass is 330 g/mol. The lowest BCUT2D eigenvalue weighted by Gasteiger charge is -2.13. The average Bonchev–Trinajstić information content (AvgIpc) is 2.60. The minimum Gasteiger partial charge on any atom is -0.493 e. The predicted molar refractivity (Wildman–Crippen MR) is 87.5 cm³/mol. The van der Waals surface area contributed by atoms with Gasteiger partial charge in [0.1, 0.15) is 5.75 Å². The van der Waals surface area contributed by atoms with E-state index in [1.54, 1.807) is 18.2 Å². The molecule has 0 heterocycles. The molecule has 0 aliphatic heterocycles. The number of methoxy groups -OCH3 is 3. The van der Waals surface area contributed by atoms with Crippen LogP contribution in [-0.4, -0.2) is 33.1 Å². The van der Waals surface area contributed by atoms with Gasteiger partial charge in [0.05, 0.1) is 26.9 Å². The van der Waals surface area contributed by atoms with Crippen molar-refractivity contribution < 1.29 is 28.5 Å². The molecule has 0 bridgehead atoms. The van der Waals surface area contributed by atoms with E-state index in [2.05, 4.69) is 0 Å². The van der Waals surface area contributed by atoms with Gasteiger partial charge in [-0.2, -0.15) is 0 Å². The Morgan fingerprint density at radius 1 is 0.833 bits per heavy atom. The zero-order valence-corrected chi connectivity index (χ0v) is 13.9. The molecule has 0 radical (unpaired) electrons. The van der Waals surface area contributed by atoms with Gasteiger partial charge in [-0.1, -0.05) is 12.1 Å². The number of hydrogen-bond donors (Lipinski definition) is 0. The van der Waals surface area contributed by atoms with E-state index in [9.17, 15) is 9.59 Å². The van der Waals surface area contributed by atoms with Crippen LogP contribution >= 0.6 is 0 Å². The smallest absolute Gasteiger partial charge is 0.343 e. The van der Waals surface area contributed by atoms with Crippen molar-refractivity contribution in [2.24, 2.45) is 0 Å². The first-order valence-electron chi connectivity index (χ1n) is 7.13. The Morgan fingerprint density at radius 3 is 1.96 bits per heavy atom. The minimum atomic E-state index is -0.602. The van der Waals surface area contributed by atoms with E-state index in [0.29, 0.717) is 22.8 Å². The van der Waals surface area contributed by atoms with Crippen molar-refractivity contribution in [3.8, 4) is 23.0 Å². The minimum absolute atomic E-state index is 0.110. The highest BCUT2D eigenvalue weighted by Crippen LogP contribution is 2.38. The number of ether oxygens (including phenoxy) is 4. The zero-order chi connectivity index (χ0) is 17.7. The maximum Gasteiger partial charge on any atom is 0.343 e. The topological polar surface area (TPSA) is 71.1 Å². The molecule has 0 N–H and O–H groups in total. The summed E-state index contributed by atoms with van der Waals surface area (Å²) < 4.78 is 21.0. The molecule has 2 aromatic carbocycles. The first-order chi connectivity index (χ1) is 11.5. The van der Waals surface area contributed by atoms with E-state index in [1.165, 1.54) is 46.5 Å². The van der Waals surface area contributed by atoms with Gasteiger partial charge < -0.3 is 18.9 Å². The molecule has 0 amide bonds. The highest BCUT2D eigenvalue weighted by Gasteiger charge is 2.18. The molecule has 2 aromatic rings. The first kappa shape index (κ1) is 17.3.